The summed E-state index contributed by atoms with van der Waals surface area (Å²) in [6.45, 7) is 5.30. The molecule has 1 amide bonds. The fraction of sp³-hybridized carbons (Fsp3) is 0.231. The number of aryl methyl sites for hydroxylation is 3. The van der Waals surface area contributed by atoms with Crippen LogP contribution in [0.25, 0.3) is 0 Å². The topological polar surface area (TPSA) is 102 Å². The van der Waals surface area contributed by atoms with Crippen molar-refractivity contribution in [3.8, 4) is 5.75 Å². The van der Waals surface area contributed by atoms with Gasteiger partial charge in [-0.2, -0.15) is 0 Å². The lowest BCUT2D eigenvalue weighted by Gasteiger charge is -2.35. The highest BCUT2D eigenvalue weighted by Crippen LogP contribution is 2.38. The number of fused-ring (bicyclic) bond motifs is 1. The number of benzene rings is 3. The van der Waals surface area contributed by atoms with E-state index in [9.17, 15) is 18.0 Å². The molecule has 1 unspecified atom stereocenters. The van der Waals surface area contributed by atoms with Gasteiger partial charge in [-0.25, -0.2) is 13.2 Å². The first-order chi connectivity index (χ1) is 16.6. The van der Waals surface area contributed by atoms with Gasteiger partial charge in [0.1, 0.15) is 5.75 Å². The van der Waals surface area contributed by atoms with Gasteiger partial charge in [0, 0.05) is 5.69 Å². The third kappa shape index (κ3) is 4.85. The monoisotopic (exact) mass is 494 g/mol. The van der Waals surface area contributed by atoms with E-state index in [-0.39, 0.29) is 17.0 Å². The van der Waals surface area contributed by atoms with Crippen LogP contribution in [0.5, 0.6) is 5.75 Å². The Bertz CT molecular complexity index is 1400. The predicted molar refractivity (Wildman–Crippen MR) is 132 cm³/mol. The third-order valence-electron chi connectivity index (χ3n) is 5.80. The van der Waals surface area contributed by atoms with Crippen LogP contribution in [0.15, 0.2) is 65.6 Å². The van der Waals surface area contributed by atoms with E-state index in [2.05, 4.69) is 5.32 Å². The standard InChI is InChI=1S/C26H26N2O6S/c1-16-5-10-20(11-6-16)35(31,32)28-15-24(34-23-13-17(2)7-12-22(23)28)25(29)27-21-14-19(26(30)33-4)9-8-18(21)3/h5-14,24H,15H2,1-4H3,(H,27,29). The van der Waals surface area contributed by atoms with Crippen molar-refractivity contribution >= 4 is 33.3 Å². The highest BCUT2D eigenvalue weighted by atomic mass is 32.2. The van der Waals surface area contributed by atoms with Crippen molar-refractivity contribution < 1.29 is 27.5 Å². The second kappa shape index (κ2) is 9.42. The fourth-order valence-corrected chi connectivity index (χ4v) is 5.25. The molecular weight excluding hydrogens is 468 g/mol. The molecule has 0 aliphatic carbocycles. The van der Waals surface area contributed by atoms with Crippen molar-refractivity contribution in [2.24, 2.45) is 0 Å². The van der Waals surface area contributed by atoms with E-state index < -0.39 is 28.0 Å². The minimum Gasteiger partial charge on any atom is -0.476 e. The SMILES string of the molecule is COC(=O)c1ccc(C)c(NC(=O)C2CN(S(=O)(=O)c3ccc(C)cc3)c3ccc(C)cc3O2)c1. The molecule has 0 radical (unpaired) electrons. The number of carbonyl (C=O) groups excluding carboxylic acids is 2. The van der Waals surface area contributed by atoms with Crippen LogP contribution in [0.4, 0.5) is 11.4 Å². The van der Waals surface area contributed by atoms with Gasteiger partial charge >= 0.3 is 5.97 Å². The number of sulfonamides is 1. The van der Waals surface area contributed by atoms with Gasteiger partial charge in [0.25, 0.3) is 15.9 Å². The van der Waals surface area contributed by atoms with Crippen LogP contribution in [-0.2, 0) is 19.6 Å². The van der Waals surface area contributed by atoms with Crippen LogP contribution in [0.1, 0.15) is 27.0 Å². The number of hydrogen-bond donors (Lipinski definition) is 1. The second-order valence-electron chi connectivity index (χ2n) is 8.44. The molecule has 182 valence electrons. The Morgan fingerprint density at radius 3 is 2.34 bits per heavy atom. The summed E-state index contributed by atoms with van der Waals surface area (Å²) in [7, 11) is -2.69. The van der Waals surface area contributed by atoms with Crippen molar-refractivity contribution in [3.05, 3.63) is 82.9 Å². The fourth-order valence-electron chi connectivity index (χ4n) is 3.78. The highest BCUT2D eigenvalue weighted by Gasteiger charge is 2.37. The van der Waals surface area contributed by atoms with Crippen molar-refractivity contribution in [3.63, 3.8) is 0 Å². The molecule has 0 saturated carbocycles. The van der Waals surface area contributed by atoms with E-state index in [1.807, 2.05) is 13.8 Å². The lowest BCUT2D eigenvalue weighted by Crippen LogP contribution is -2.48. The average molecular weight is 495 g/mol. The molecule has 0 saturated heterocycles. The molecule has 3 aromatic carbocycles. The summed E-state index contributed by atoms with van der Waals surface area (Å²) in [5.74, 6) is -0.771. The zero-order valence-electron chi connectivity index (χ0n) is 19.9. The minimum absolute atomic E-state index is 0.123. The summed E-state index contributed by atoms with van der Waals surface area (Å²) in [6.07, 6.45) is -1.12. The van der Waals surface area contributed by atoms with Crippen LogP contribution >= 0.6 is 0 Å². The lowest BCUT2D eigenvalue weighted by atomic mass is 10.1. The predicted octanol–water partition coefficient (Wildman–Crippen LogP) is 3.99. The molecule has 3 aromatic rings. The molecule has 0 fully saturated rings. The number of esters is 1. The smallest absolute Gasteiger partial charge is 0.337 e. The van der Waals surface area contributed by atoms with Crippen LogP contribution < -0.4 is 14.4 Å². The van der Waals surface area contributed by atoms with Crippen molar-refractivity contribution in [1.82, 2.24) is 0 Å². The first kappa shape index (κ1) is 24.3. The molecule has 1 heterocycles. The summed E-state index contributed by atoms with van der Waals surface area (Å²) >= 11 is 0. The number of anilines is 2. The average Bonchev–Trinajstić information content (AvgIpc) is 2.84. The van der Waals surface area contributed by atoms with Gasteiger partial charge in [-0.3, -0.25) is 9.10 Å². The maximum absolute atomic E-state index is 13.6. The van der Waals surface area contributed by atoms with Gasteiger partial charge < -0.3 is 14.8 Å². The van der Waals surface area contributed by atoms with E-state index in [1.165, 1.54) is 17.5 Å². The Morgan fingerprint density at radius 1 is 0.971 bits per heavy atom. The Labute approximate surface area is 204 Å². The Hall–Kier alpha value is -3.85. The Morgan fingerprint density at radius 2 is 1.66 bits per heavy atom. The van der Waals surface area contributed by atoms with E-state index >= 15 is 0 Å². The molecule has 0 aromatic heterocycles. The summed E-state index contributed by atoms with van der Waals surface area (Å²) in [5, 5.41) is 2.77. The maximum atomic E-state index is 13.6. The largest absolute Gasteiger partial charge is 0.476 e. The Kier molecular flexibility index (Phi) is 6.53. The van der Waals surface area contributed by atoms with Gasteiger partial charge in [-0.15, -0.1) is 0 Å². The second-order valence-corrected chi connectivity index (χ2v) is 10.3. The van der Waals surface area contributed by atoms with Crippen molar-refractivity contribution in [1.29, 1.82) is 0 Å². The van der Waals surface area contributed by atoms with Crippen molar-refractivity contribution in [2.45, 2.75) is 31.8 Å². The number of nitrogens with zero attached hydrogens (tertiary/aromatic N) is 1. The van der Waals surface area contributed by atoms with E-state index in [0.717, 1.165) is 16.7 Å². The highest BCUT2D eigenvalue weighted by molar-refractivity contribution is 7.92. The minimum atomic E-state index is -3.96. The zero-order valence-corrected chi connectivity index (χ0v) is 20.7. The number of nitrogens with one attached hydrogen (secondary N) is 1. The van der Waals surface area contributed by atoms with E-state index in [4.69, 9.17) is 9.47 Å². The quantitative estimate of drug-likeness (QED) is 0.538. The van der Waals surface area contributed by atoms with E-state index in [0.29, 0.717) is 17.1 Å². The maximum Gasteiger partial charge on any atom is 0.337 e. The molecular formula is C26H26N2O6S. The molecule has 1 N–H and O–H groups in total. The number of carbonyl (C=O) groups is 2. The molecule has 0 bridgehead atoms. The molecule has 9 heteroatoms. The lowest BCUT2D eigenvalue weighted by molar-refractivity contribution is -0.122. The molecule has 8 nitrogen and oxygen atoms in total. The van der Waals surface area contributed by atoms with Gasteiger partial charge in [0.2, 0.25) is 0 Å². The number of amides is 1. The van der Waals surface area contributed by atoms with Gasteiger partial charge in [-0.1, -0.05) is 29.8 Å². The van der Waals surface area contributed by atoms with Crippen LogP contribution in [0, 0.1) is 20.8 Å². The first-order valence-electron chi connectivity index (χ1n) is 11.0. The number of methoxy groups -OCH3 is 1. The van der Waals surface area contributed by atoms with Crippen LogP contribution in [-0.4, -0.2) is 40.1 Å². The molecule has 1 atom stereocenters. The summed E-state index contributed by atoms with van der Waals surface area (Å²) in [5.41, 5.74) is 3.57. The third-order valence-corrected chi connectivity index (χ3v) is 7.60. The van der Waals surface area contributed by atoms with Gasteiger partial charge in [0.15, 0.2) is 6.10 Å². The summed E-state index contributed by atoms with van der Waals surface area (Å²) in [6, 6.07) is 16.5. The van der Waals surface area contributed by atoms with Gasteiger partial charge in [-0.05, 0) is 68.3 Å². The Balaban J connectivity index is 1.68. The number of rotatable bonds is 5. The van der Waals surface area contributed by atoms with Crippen LogP contribution in [0.2, 0.25) is 0 Å². The molecule has 0 spiro atoms. The van der Waals surface area contributed by atoms with E-state index in [1.54, 1.807) is 61.5 Å². The zero-order chi connectivity index (χ0) is 25.3. The molecule has 35 heavy (non-hydrogen) atoms. The number of hydrogen-bond acceptors (Lipinski definition) is 6. The first-order valence-corrected chi connectivity index (χ1v) is 12.4. The van der Waals surface area contributed by atoms with Crippen molar-refractivity contribution in [2.75, 3.05) is 23.3 Å². The van der Waals surface area contributed by atoms with Crippen LogP contribution in [0.3, 0.4) is 0 Å². The summed E-state index contributed by atoms with van der Waals surface area (Å²) < 4.78 is 39.0. The molecule has 1 aliphatic heterocycles. The number of ether oxygens (including phenoxy) is 2. The summed E-state index contributed by atoms with van der Waals surface area (Å²) in [4.78, 5) is 25.3. The molecule has 1 aliphatic rings. The normalized spacial score (nSPS) is 15.1. The van der Waals surface area contributed by atoms with Gasteiger partial charge in [0.05, 0.1) is 29.8 Å². The molecule has 4 rings (SSSR count).